The van der Waals surface area contributed by atoms with Crippen molar-refractivity contribution in [2.45, 2.75) is 33.2 Å². The maximum absolute atomic E-state index is 12.7. The molecular formula is C19H27N3O2. The minimum absolute atomic E-state index is 0.0503. The predicted octanol–water partition coefficient (Wildman–Crippen LogP) is 2.45. The van der Waals surface area contributed by atoms with Gasteiger partial charge in [-0.3, -0.25) is 14.5 Å². The van der Waals surface area contributed by atoms with Crippen LogP contribution in [-0.4, -0.2) is 53.8 Å². The molecule has 1 saturated heterocycles. The molecule has 0 spiro atoms. The van der Waals surface area contributed by atoms with Crippen molar-refractivity contribution in [3.63, 3.8) is 0 Å². The van der Waals surface area contributed by atoms with Crippen molar-refractivity contribution < 1.29 is 9.59 Å². The molecule has 1 aliphatic carbocycles. The van der Waals surface area contributed by atoms with E-state index in [2.05, 4.69) is 31.0 Å². The van der Waals surface area contributed by atoms with E-state index in [0.29, 0.717) is 23.2 Å². The summed E-state index contributed by atoms with van der Waals surface area (Å²) in [4.78, 5) is 29.1. The van der Waals surface area contributed by atoms with Crippen molar-refractivity contribution in [3.8, 4) is 0 Å². The van der Waals surface area contributed by atoms with Gasteiger partial charge in [-0.25, -0.2) is 0 Å². The largest absolute Gasteiger partial charge is 0.336 e. The van der Waals surface area contributed by atoms with Gasteiger partial charge in [0.2, 0.25) is 5.91 Å². The highest BCUT2D eigenvalue weighted by molar-refractivity contribution is 5.98. The van der Waals surface area contributed by atoms with Gasteiger partial charge in [-0.05, 0) is 44.4 Å². The number of carbonyl (C=O) groups is 2. The Hall–Kier alpha value is -1.88. The van der Waals surface area contributed by atoms with Gasteiger partial charge >= 0.3 is 0 Å². The maximum atomic E-state index is 12.7. The fraction of sp³-hybridized carbons (Fsp3) is 0.579. The summed E-state index contributed by atoms with van der Waals surface area (Å²) in [6.45, 7) is 9.80. The summed E-state index contributed by atoms with van der Waals surface area (Å²) >= 11 is 0. The third kappa shape index (κ3) is 3.78. The first-order valence-corrected chi connectivity index (χ1v) is 8.90. The van der Waals surface area contributed by atoms with Gasteiger partial charge < -0.3 is 10.2 Å². The Balaban J connectivity index is 1.61. The maximum Gasteiger partial charge on any atom is 0.254 e. The molecule has 2 atom stereocenters. The van der Waals surface area contributed by atoms with E-state index < -0.39 is 0 Å². The number of nitrogens with one attached hydrogen (secondary N) is 1. The molecule has 5 heteroatoms. The number of anilines is 1. The molecule has 1 heterocycles. The van der Waals surface area contributed by atoms with Gasteiger partial charge in [-0.1, -0.05) is 13.0 Å². The summed E-state index contributed by atoms with van der Waals surface area (Å²) in [7, 11) is 0. The molecule has 2 unspecified atom stereocenters. The molecule has 24 heavy (non-hydrogen) atoms. The minimum Gasteiger partial charge on any atom is -0.336 e. The molecule has 2 aliphatic rings. The Bertz CT molecular complexity index is 621. The van der Waals surface area contributed by atoms with E-state index in [0.717, 1.165) is 32.6 Å². The van der Waals surface area contributed by atoms with Gasteiger partial charge in [-0.15, -0.1) is 0 Å². The van der Waals surface area contributed by atoms with Crippen molar-refractivity contribution in [2.24, 2.45) is 11.8 Å². The van der Waals surface area contributed by atoms with E-state index in [1.807, 2.05) is 23.1 Å². The summed E-state index contributed by atoms with van der Waals surface area (Å²) in [6.07, 6.45) is 0.963. The van der Waals surface area contributed by atoms with Crippen LogP contribution in [0.25, 0.3) is 0 Å². The number of carbonyl (C=O) groups excluding carboxylic acids is 2. The monoisotopic (exact) mass is 329 g/mol. The van der Waals surface area contributed by atoms with Crippen molar-refractivity contribution in [3.05, 3.63) is 29.8 Å². The van der Waals surface area contributed by atoms with Crippen molar-refractivity contribution in [1.82, 2.24) is 9.80 Å². The standard InChI is InChI=1S/C19H27N3O2/c1-13(2)21-7-9-22(10-8-21)19(24)15-5-4-6-16(12-15)20-18(23)17-11-14(17)3/h4-6,12-14,17H,7-11H2,1-3H3,(H,20,23). The van der Waals surface area contributed by atoms with Crippen LogP contribution in [0.5, 0.6) is 0 Å². The molecule has 1 N–H and O–H groups in total. The second-order valence-corrected chi connectivity index (χ2v) is 7.31. The van der Waals surface area contributed by atoms with E-state index in [9.17, 15) is 9.59 Å². The number of benzene rings is 1. The average molecular weight is 329 g/mol. The Morgan fingerprint density at radius 2 is 1.83 bits per heavy atom. The summed E-state index contributed by atoms with van der Waals surface area (Å²) in [5.74, 6) is 0.729. The number of piperazine rings is 1. The van der Waals surface area contributed by atoms with Crippen molar-refractivity contribution >= 4 is 17.5 Å². The Morgan fingerprint density at radius 1 is 1.17 bits per heavy atom. The number of amides is 2. The van der Waals surface area contributed by atoms with Gasteiger partial charge in [0.05, 0.1) is 0 Å². The van der Waals surface area contributed by atoms with Crippen LogP contribution < -0.4 is 5.32 Å². The lowest BCUT2D eigenvalue weighted by Crippen LogP contribution is -2.50. The van der Waals surface area contributed by atoms with Crippen LogP contribution in [0.2, 0.25) is 0 Å². The second-order valence-electron chi connectivity index (χ2n) is 7.31. The lowest BCUT2D eigenvalue weighted by atomic mass is 10.1. The molecule has 0 radical (unpaired) electrons. The molecule has 3 rings (SSSR count). The quantitative estimate of drug-likeness (QED) is 0.923. The molecule has 5 nitrogen and oxygen atoms in total. The molecule has 1 aliphatic heterocycles. The summed E-state index contributed by atoms with van der Waals surface area (Å²) in [5, 5.41) is 2.94. The molecule has 2 fully saturated rings. The van der Waals surface area contributed by atoms with Crippen LogP contribution in [0.3, 0.4) is 0 Å². The summed E-state index contributed by atoms with van der Waals surface area (Å²) in [5.41, 5.74) is 1.36. The molecule has 2 amide bonds. The first-order chi connectivity index (χ1) is 11.5. The Morgan fingerprint density at radius 3 is 2.42 bits per heavy atom. The zero-order chi connectivity index (χ0) is 17.3. The van der Waals surface area contributed by atoms with E-state index in [4.69, 9.17) is 0 Å². The minimum atomic E-state index is 0.0503. The van der Waals surface area contributed by atoms with E-state index in [1.165, 1.54) is 0 Å². The molecule has 130 valence electrons. The lowest BCUT2D eigenvalue weighted by molar-refractivity contribution is -0.117. The third-order valence-corrected chi connectivity index (χ3v) is 5.16. The topological polar surface area (TPSA) is 52.7 Å². The normalized spacial score (nSPS) is 24.1. The lowest BCUT2D eigenvalue weighted by Gasteiger charge is -2.37. The molecule has 0 bridgehead atoms. The van der Waals surface area contributed by atoms with Crippen molar-refractivity contribution in [1.29, 1.82) is 0 Å². The Labute approximate surface area is 144 Å². The van der Waals surface area contributed by atoms with Crippen LogP contribution >= 0.6 is 0 Å². The molecule has 1 aromatic carbocycles. The van der Waals surface area contributed by atoms with Crippen LogP contribution in [0, 0.1) is 11.8 Å². The highest BCUT2D eigenvalue weighted by atomic mass is 16.2. The van der Waals surface area contributed by atoms with E-state index >= 15 is 0 Å². The van der Waals surface area contributed by atoms with Crippen LogP contribution in [-0.2, 0) is 4.79 Å². The zero-order valence-electron chi connectivity index (χ0n) is 14.8. The Kier molecular flexibility index (Phi) is 4.90. The molecular weight excluding hydrogens is 302 g/mol. The van der Waals surface area contributed by atoms with Gasteiger partial charge in [0.1, 0.15) is 0 Å². The SMILES string of the molecule is CC1CC1C(=O)Nc1cccc(C(=O)N2CCN(C(C)C)CC2)c1. The smallest absolute Gasteiger partial charge is 0.254 e. The first-order valence-electron chi connectivity index (χ1n) is 8.90. The van der Waals surface area contributed by atoms with Crippen LogP contribution in [0.4, 0.5) is 5.69 Å². The number of hydrogen-bond donors (Lipinski definition) is 1. The molecule has 1 aromatic rings. The number of hydrogen-bond acceptors (Lipinski definition) is 3. The van der Waals surface area contributed by atoms with E-state index in [1.54, 1.807) is 6.07 Å². The summed E-state index contributed by atoms with van der Waals surface area (Å²) < 4.78 is 0. The second kappa shape index (κ2) is 6.93. The molecule has 0 aromatic heterocycles. The molecule has 1 saturated carbocycles. The van der Waals surface area contributed by atoms with E-state index in [-0.39, 0.29) is 17.7 Å². The average Bonchev–Trinajstić information content (AvgIpc) is 3.31. The van der Waals surface area contributed by atoms with Crippen LogP contribution in [0.15, 0.2) is 24.3 Å². The zero-order valence-corrected chi connectivity index (χ0v) is 14.8. The highest BCUT2D eigenvalue weighted by Gasteiger charge is 2.39. The van der Waals surface area contributed by atoms with Crippen molar-refractivity contribution in [2.75, 3.05) is 31.5 Å². The first kappa shape index (κ1) is 17.0. The van der Waals surface area contributed by atoms with Gasteiger partial charge in [0.15, 0.2) is 0 Å². The van der Waals surface area contributed by atoms with Crippen LogP contribution in [0.1, 0.15) is 37.6 Å². The number of rotatable bonds is 4. The van der Waals surface area contributed by atoms with Gasteiger partial charge in [-0.2, -0.15) is 0 Å². The third-order valence-electron chi connectivity index (χ3n) is 5.16. The highest BCUT2D eigenvalue weighted by Crippen LogP contribution is 2.38. The van der Waals surface area contributed by atoms with Gasteiger partial charge in [0, 0.05) is 49.4 Å². The number of nitrogens with zero attached hydrogens (tertiary/aromatic N) is 2. The van der Waals surface area contributed by atoms with Gasteiger partial charge in [0.25, 0.3) is 5.91 Å². The predicted molar refractivity (Wildman–Crippen MR) is 95.0 cm³/mol. The fourth-order valence-electron chi connectivity index (χ4n) is 3.28. The summed E-state index contributed by atoms with van der Waals surface area (Å²) in [6, 6.07) is 7.82. The fourth-order valence-corrected chi connectivity index (χ4v) is 3.28.